The summed E-state index contributed by atoms with van der Waals surface area (Å²) in [6.07, 6.45) is 5.37. The van der Waals surface area contributed by atoms with Gasteiger partial charge >= 0.3 is 0 Å². The average molecular weight is 270 g/mol. The Balaban J connectivity index is 2.29. The number of carbonyl (C=O) groups is 1. The van der Waals surface area contributed by atoms with Gasteiger partial charge in [-0.1, -0.05) is 26.7 Å². The lowest BCUT2D eigenvalue weighted by atomic mass is 9.94. The zero-order valence-corrected chi connectivity index (χ0v) is 12.8. The maximum absolute atomic E-state index is 12.0. The van der Waals surface area contributed by atoms with Crippen molar-refractivity contribution < 1.29 is 9.90 Å². The van der Waals surface area contributed by atoms with Crippen molar-refractivity contribution in [3.8, 4) is 0 Å². The van der Waals surface area contributed by atoms with Crippen LogP contribution in [0.3, 0.4) is 0 Å². The summed E-state index contributed by atoms with van der Waals surface area (Å²) in [7, 11) is 0. The molecule has 1 aliphatic rings. The van der Waals surface area contributed by atoms with E-state index in [2.05, 4.69) is 24.5 Å². The van der Waals surface area contributed by atoms with Gasteiger partial charge in [-0.2, -0.15) is 0 Å². The predicted molar refractivity (Wildman–Crippen MR) is 77.9 cm³/mol. The van der Waals surface area contributed by atoms with E-state index in [0.717, 1.165) is 19.3 Å². The minimum absolute atomic E-state index is 0.0484. The lowest BCUT2D eigenvalue weighted by Crippen LogP contribution is -2.50. The number of nitrogens with one attached hydrogen (secondary N) is 2. The highest BCUT2D eigenvalue weighted by molar-refractivity contribution is 5.81. The van der Waals surface area contributed by atoms with Crippen LogP contribution in [0.1, 0.15) is 59.8 Å². The third kappa shape index (κ3) is 6.39. The van der Waals surface area contributed by atoms with E-state index in [1.54, 1.807) is 0 Å². The zero-order valence-electron chi connectivity index (χ0n) is 12.8. The van der Waals surface area contributed by atoms with Gasteiger partial charge in [-0.3, -0.25) is 4.79 Å². The van der Waals surface area contributed by atoms with E-state index < -0.39 is 5.60 Å². The Labute approximate surface area is 117 Å². The molecule has 1 amide bonds. The van der Waals surface area contributed by atoms with Crippen LogP contribution in [0.15, 0.2) is 0 Å². The van der Waals surface area contributed by atoms with Gasteiger partial charge in [0.05, 0.1) is 11.6 Å². The SMILES string of the molecule is CC(C)CC(C)(O)CNC(C)C(=O)NC1CCCC1. The molecule has 1 saturated carbocycles. The van der Waals surface area contributed by atoms with Crippen molar-refractivity contribution in [2.75, 3.05) is 6.54 Å². The van der Waals surface area contributed by atoms with Crippen molar-refractivity contribution >= 4 is 5.91 Å². The highest BCUT2D eigenvalue weighted by atomic mass is 16.3. The first-order valence-corrected chi connectivity index (χ1v) is 7.56. The monoisotopic (exact) mass is 270 g/mol. The maximum Gasteiger partial charge on any atom is 0.237 e. The molecular weight excluding hydrogens is 240 g/mol. The molecule has 0 aromatic carbocycles. The van der Waals surface area contributed by atoms with Crippen LogP contribution in [0.2, 0.25) is 0 Å². The molecule has 0 aromatic rings. The van der Waals surface area contributed by atoms with Crippen molar-refractivity contribution in [2.24, 2.45) is 5.92 Å². The van der Waals surface area contributed by atoms with Crippen LogP contribution in [0.4, 0.5) is 0 Å². The lowest BCUT2D eigenvalue weighted by Gasteiger charge is -2.27. The van der Waals surface area contributed by atoms with Crippen molar-refractivity contribution in [2.45, 2.75) is 77.5 Å². The molecule has 1 fully saturated rings. The first kappa shape index (κ1) is 16.4. The van der Waals surface area contributed by atoms with E-state index >= 15 is 0 Å². The summed E-state index contributed by atoms with van der Waals surface area (Å²) in [6.45, 7) is 8.30. The number of rotatable bonds is 7. The lowest BCUT2D eigenvalue weighted by molar-refractivity contribution is -0.123. The third-order valence-corrected chi connectivity index (χ3v) is 3.73. The summed E-state index contributed by atoms with van der Waals surface area (Å²) in [4.78, 5) is 12.0. The molecule has 0 saturated heterocycles. The molecule has 2 atom stereocenters. The highest BCUT2D eigenvalue weighted by Crippen LogP contribution is 2.18. The summed E-state index contributed by atoms with van der Waals surface area (Å²) in [5.41, 5.74) is -0.754. The molecule has 0 spiro atoms. The molecule has 1 aliphatic carbocycles. The second kappa shape index (κ2) is 7.25. The molecule has 0 aliphatic heterocycles. The van der Waals surface area contributed by atoms with Crippen molar-refractivity contribution in [3.63, 3.8) is 0 Å². The standard InChI is InChI=1S/C15H30N2O2/c1-11(2)9-15(4,19)10-16-12(3)14(18)17-13-7-5-6-8-13/h11-13,16,19H,5-10H2,1-4H3,(H,17,18). The fourth-order valence-corrected chi connectivity index (χ4v) is 2.81. The average Bonchev–Trinajstić information content (AvgIpc) is 2.76. The molecule has 0 bridgehead atoms. The Morgan fingerprint density at radius 1 is 1.32 bits per heavy atom. The number of hydrogen-bond acceptors (Lipinski definition) is 3. The predicted octanol–water partition coefficient (Wildman–Crippen LogP) is 1.82. The second-order valence-electron chi connectivity index (χ2n) is 6.69. The molecule has 3 N–H and O–H groups in total. The van der Waals surface area contributed by atoms with Crippen molar-refractivity contribution in [1.82, 2.24) is 10.6 Å². The zero-order chi connectivity index (χ0) is 14.5. The number of aliphatic hydroxyl groups is 1. The first-order chi connectivity index (χ1) is 8.80. The topological polar surface area (TPSA) is 61.4 Å². The number of amides is 1. The van der Waals surface area contributed by atoms with E-state index in [9.17, 15) is 9.90 Å². The van der Waals surface area contributed by atoms with Gasteiger partial charge in [0, 0.05) is 12.6 Å². The van der Waals surface area contributed by atoms with Gasteiger partial charge in [-0.05, 0) is 39.0 Å². The van der Waals surface area contributed by atoms with Crippen LogP contribution in [0, 0.1) is 5.92 Å². The molecule has 0 heterocycles. The van der Waals surface area contributed by atoms with Crippen LogP contribution in [-0.2, 0) is 4.79 Å². The van der Waals surface area contributed by atoms with Crippen LogP contribution in [-0.4, -0.2) is 35.2 Å². The molecule has 0 radical (unpaired) electrons. The van der Waals surface area contributed by atoms with Gasteiger partial charge < -0.3 is 15.7 Å². The Bertz CT molecular complexity index is 284. The van der Waals surface area contributed by atoms with Gasteiger partial charge in [0.1, 0.15) is 0 Å². The number of carbonyl (C=O) groups excluding carboxylic acids is 1. The fraction of sp³-hybridized carbons (Fsp3) is 0.933. The Morgan fingerprint density at radius 2 is 1.89 bits per heavy atom. The van der Waals surface area contributed by atoms with Gasteiger partial charge in [-0.15, -0.1) is 0 Å². The van der Waals surface area contributed by atoms with Crippen LogP contribution < -0.4 is 10.6 Å². The van der Waals surface area contributed by atoms with Crippen molar-refractivity contribution in [1.29, 1.82) is 0 Å². The molecule has 4 nitrogen and oxygen atoms in total. The molecule has 4 heteroatoms. The van der Waals surface area contributed by atoms with Crippen LogP contribution in [0.25, 0.3) is 0 Å². The van der Waals surface area contributed by atoms with Gasteiger partial charge in [0.25, 0.3) is 0 Å². The van der Waals surface area contributed by atoms with E-state index in [1.165, 1.54) is 12.8 Å². The van der Waals surface area contributed by atoms with Gasteiger partial charge in [0.2, 0.25) is 5.91 Å². The quantitative estimate of drug-likeness (QED) is 0.661. The first-order valence-electron chi connectivity index (χ1n) is 7.56. The van der Waals surface area contributed by atoms with Crippen LogP contribution in [0.5, 0.6) is 0 Å². The third-order valence-electron chi connectivity index (χ3n) is 3.73. The molecule has 0 aromatic heterocycles. The maximum atomic E-state index is 12.0. The molecule has 1 rings (SSSR count). The fourth-order valence-electron chi connectivity index (χ4n) is 2.81. The minimum atomic E-state index is -0.754. The summed E-state index contributed by atoms with van der Waals surface area (Å²) >= 11 is 0. The normalized spacial score (nSPS) is 21.4. The summed E-state index contributed by atoms with van der Waals surface area (Å²) in [5.74, 6) is 0.492. The summed E-state index contributed by atoms with van der Waals surface area (Å²) in [6, 6.07) is 0.104. The van der Waals surface area contributed by atoms with Gasteiger partial charge in [-0.25, -0.2) is 0 Å². The van der Waals surface area contributed by atoms with E-state index in [4.69, 9.17) is 0 Å². The smallest absolute Gasteiger partial charge is 0.237 e. The Morgan fingerprint density at radius 3 is 2.42 bits per heavy atom. The van der Waals surface area contributed by atoms with Crippen molar-refractivity contribution in [3.05, 3.63) is 0 Å². The minimum Gasteiger partial charge on any atom is -0.389 e. The number of hydrogen-bond donors (Lipinski definition) is 3. The molecule has 19 heavy (non-hydrogen) atoms. The van der Waals surface area contributed by atoms with E-state index in [0.29, 0.717) is 18.5 Å². The van der Waals surface area contributed by atoms with Crippen LogP contribution >= 0.6 is 0 Å². The largest absolute Gasteiger partial charge is 0.389 e. The second-order valence-corrected chi connectivity index (χ2v) is 6.69. The Hall–Kier alpha value is -0.610. The van der Waals surface area contributed by atoms with Gasteiger partial charge in [0.15, 0.2) is 0 Å². The summed E-state index contributed by atoms with van der Waals surface area (Å²) in [5, 5.41) is 16.4. The van der Waals surface area contributed by atoms with E-state index in [-0.39, 0.29) is 11.9 Å². The molecule has 112 valence electrons. The van der Waals surface area contributed by atoms with E-state index in [1.807, 2.05) is 13.8 Å². The molecule has 2 unspecified atom stereocenters. The Kier molecular flexibility index (Phi) is 6.27. The molecular formula is C15H30N2O2. The summed E-state index contributed by atoms with van der Waals surface area (Å²) < 4.78 is 0. The highest BCUT2D eigenvalue weighted by Gasteiger charge is 2.25.